The quantitative estimate of drug-likeness (QED) is 0.681. The number of alkyl halides is 3. The third-order valence-corrected chi connectivity index (χ3v) is 4.62. The second kappa shape index (κ2) is 7.17. The predicted molar refractivity (Wildman–Crippen MR) is 97.8 cm³/mol. The molecular weight excluding hydrogens is 373 g/mol. The average molecular weight is 392 g/mol. The first-order valence-electron chi connectivity index (χ1n) is 8.98. The highest BCUT2D eigenvalue weighted by molar-refractivity contribution is 5.52. The van der Waals surface area contributed by atoms with E-state index in [4.69, 9.17) is 4.74 Å². The van der Waals surface area contributed by atoms with Crippen LogP contribution in [0.25, 0.3) is 5.65 Å². The molecule has 0 unspecified atom stereocenters. The zero-order chi connectivity index (χ0) is 19.7. The summed E-state index contributed by atoms with van der Waals surface area (Å²) in [5, 5.41) is 10.9. The Hall–Kier alpha value is -3.04. The first-order chi connectivity index (χ1) is 13.5. The Morgan fingerprint density at radius 2 is 1.61 bits per heavy atom. The third kappa shape index (κ3) is 3.54. The number of halogens is 3. The molecule has 0 aliphatic carbocycles. The van der Waals surface area contributed by atoms with Crippen LogP contribution < -0.4 is 14.5 Å². The van der Waals surface area contributed by atoms with Gasteiger partial charge in [-0.15, -0.1) is 15.3 Å². The van der Waals surface area contributed by atoms with E-state index in [2.05, 4.69) is 20.2 Å². The molecule has 0 spiro atoms. The molecule has 3 aromatic rings. The predicted octanol–water partition coefficient (Wildman–Crippen LogP) is 2.87. The van der Waals surface area contributed by atoms with Gasteiger partial charge in [-0.2, -0.15) is 17.7 Å². The number of rotatable bonds is 4. The van der Waals surface area contributed by atoms with Crippen molar-refractivity contribution < 1.29 is 17.9 Å². The van der Waals surface area contributed by atoms with E-state index in [1.807, 2.05) is 36.1 Å². The molecule has 0 amide bonds. The van der Waals surface area contributed by atoms with E-state index in [9.17, 15) is 13.2 Å². The lowest BCUT2D eigenvalue weighted by molar-refractivity contribution is -0.146. The lowest BCUT2D eigenvalue weighted by atomic mass is 10.2. The number of nitrogens with zero attached hydrogens (tertiary/aromatic N) is 6. The van der Waals surface area contributed by atoms with Crippen LogP contribution in [0.3, 0.4) is 0 Å². The van der Waals surface area contributed by atoms with Crippen LogP contribution in [0.15, 0.2) is 36.4 Å². The topological polar surface area (TPSA) is 58.8 Å². The van der Waals surface area contributed by atoms with Crippen molar-refractivity contribution in [3.63, 3.8) is 0 Å². The molecule has 0 radical (unpaired) electrons. The minimum atomic E-state index is -4.60. The van der Waals surface area contributed by atoms with E-state index in [0.717, 1.165) is 29.0 Å². The van der Waals surface area contributed by atoms with Gasteiger partial charge >= 0.3 is 6.18 Å². The zero-order valence-electron chi connectivity index (χ0n) is 15.2. The van der Waals surface area contributed by atoms with Crippen LogP contribution in [0.2, 0.25) is 0 Å². The SMILES string of the molecule is CCOc1ccc(N2CCN(c3ccc4nnc(C(F)(F)F)n4n3)CC2)cc1. The fraction of sp³-hybridized carbons (Fsp3) is 0.389. The van der Waals surface area contributed by atoms with Crippen LogP contribution in [0.4, 0.5) is 24.7 Å². The Bertz CT molecular complexity index is 948. The van der Waals surface area contributed by atoms with Gasteiger partial charge in [-0.1, -0.05) is 0 Å². The number of ether oxygens (including phenoxy) is 1. The lowest BCUT2D eigenvalue weighted by Crippen LogP contribution is -2.47. The van der Waals surface area contributed by atoms with Crippen LogP contribution >= 0.6 is 0 Å². The summed E-state index contributed by atoms with van der Waals surface area (Å²) in [6.45, 7) is 5.34. The van der Waals surface area contributed by atoms with Crippen molar-refractivity contribution in [2.24, 2.45) is 0 Å². The third-order valence-electron chi connectivity index (χ3n) is 4.62. The highest BCUT2D eigenvalue weighted by Gasteiger charge is 2.37. The van der Waals surface area contributed by atoms with E-state index in [1.165, 1.54) is 6.07 Å². The van der Waals surface area contributed by atoms with Gasteiger partial charge in [-0.05, 0) is 43.3 Å². The summed E-state index contributed by atoms with van der Waals surface area (Å²) in [5.74, 6) is 0.193. The Morgan fingerprint density at radius 3 is 2.25 bits per heavy atom. The molecule has 1 aliphatic heterocycles. The first-order valence-corrected chi connectivity index (χ1v) is 8.98. The molecule has 0 atom stereocenters. The molecule has 1 saturated heterocycles. The normalized spacial score (nSPS) is 15.3. The van der Waals surface area contributed by atoms with Gasteiger partial charge in [0.05, 0.1) is 6.61 Å². The summed E-state index contributed by atoms with van der Waals surface area (Å²) in [5.41, 5.74) is 1.16. The number of piperazine rings is 1. The number of benzene rings is 1. The maximum atomic E-state index is 13.0. The van der Waals surface area contributed by atoms with E-state index in [1.54, 1.807) is 6.07 Å². The van der Waals surface area contributed by atoms with Crippen molar-refractivity contribution in [1.82, 2.24) is 19.8 Å². The van der Waals surface area contributed by atoms with Gasteiger partial charge in [-0.3, -0.25) is 0 Å². The fourth-order valence-electron chi connectivity index (χ4n) is 3.24. The molecule has 0 bridgehead atoms. The van der Waals surface area contributed by atoms with E-state index in [0.29, 0.717) is 25.5 Å². The van der Waals surface area contributed by atoms with Crippen molar-refractivity contribution in [2.45, 2.75) is 13.1 Å². The van der Waals surface area contributed by atoms with Crippen LogP contribution in [0.5, 0.6) is 5.75 Å². The molecule has 148 valence electrons. The lowest BCUT2D eigenvalue weighted by Gasteiger charge is -2.36. The molecule has 0 saturated carbocycles. The van der Waals surface area contributed by atoms with Gasteiger partial charge in [0, 0.05) is 31.9 Å². The average Bonchev–Trinajstić information content (AvgIpc) is 3.13. The minimum absolute atomic E-state index is 0.0732. The number of anilines is 2. The van der Waals surface area contributed by atoms with Crippen molar-refractivity contribution in [2.75, 3.05) is 42.6 Å². The second-order valence-electron chi connectivity index (χ2n) is 6.38. The second-order valence-corrected chi connectivity index (χ2v) is 6.38. The van der Waals surface area contributed by atoms with Crippen molar-refractivity contribution in [3.05, 3.63) is 42.2 Å². The summed E-state index contributed by atoms with van der Waals surface area (Å²) in [7, 11) is 0. The summed E-state index contributed by atoms with van der Waals surface area (Å²) < 4.78 is 45.4. The molecule has 10 heteroatoms. The van der Waals surface area contributed by atoms with Crippen molar-refractivity contribution in [3.8, 4) is 5.75 Å². The van der Waals surface area contributed by atoms with Crippen molar-refractivity contribution in [1.29, 1.82) is 0 Å². The van der Waals surface area contributed by atoms with Gasteiger partial charge in [0.2, 0.25) is 0 Å². The number of aromatic nitrogens is 4. The maximum Gasteiger partial charge on any atom is 0.453 e. The summed E-state index contributed by atoms with van der Waals surface area (Å²) >= 11 is 0. The molecule has 1 aromatic carbocycles. The number of fused-ring (bicyclic) bond motifs is 1. The number of hydrogen-bond acceptors (Lipinski definition) is 6. The zero-order valence-corrected chi connectivity index (χ0v) is 15.2. The molecular formula is C18H19F3N6O. The van der Waals surface area contributed by atoms with Gasteiger partial charge in [0.1, 0.15) is 11.6 Å². The molecule has 28 heavy (non-hydrogen) atoms. The Labute approximate surface area is 159 Å². The minimum Gasteiger partial charge on any atom is -0.494 e. The molecule has 3 heterocycles. The monoisotopic (exact) mass is 392 g/mol. The molecule has 7 nitrogen and oxygen atoms in total. The Balaban J connectivity index is 1.47. The van der Waals surface area contributed by atoms with Crippen LogP contribution in [0.1, 0.15) is 12.7 Å². The summed E-state index contributed by atoms with van der Waals surface area (Å²) in [6, 6.07) is 11.1. The van der Waals surface area contributed by atoms with Gasteiger partial charge < -0.3 is 14.5 Å². The summed E-state index contributed by atoms with van der Waals surface area (Å²) in [4.78, 5) is 4.19. The maximum absolute atomic E-state index is 13.0. The number of hydrogen-bond donors (Lipinski definition) is 0. The fourth-order valence-corrected chi connectivity index (χ4v) is 3.24. The molecule has 1 fully saturated rings. The highest BCUT2D eigenvalue weighted by Crippen LogP contribution is 2.28. The molecule has 0 N–H and O–H groups in total. The van der Waals surface area contributed by atoms with Gasteiger partial charge in [-0.25, -0.2) is 0 Å². The molecule has 4 rings (SSSR count). The van der Waals surface area contributed by atoms with Crippen LogP contribution in [-0.2, 0) is 6.18 Å². The summed E-state index contributed by atoms with van der Waals surface area (Å²) in [6.07, 6.45) is -4.60. The van der Waals surface area contributed by atoms with E-state index in [-0.39, 0.29) is 5.65 Å². The smallest absolute Gasteiger partial charge is 0.453 e. The largest absolute Gasteiger partial charge is 0.494 e. The standard InChI is InChI=1S/C18H19F3N6O/c1-2-28-14-5-3-13(4-6-14)25-9-11-26(12-10-25)16-8-7-15-22-23-17(18(19,20)21)27(15)24-16/h3-8H,2,9-12H2,1H3. The highest BCUT2D eigenvalue weighted by atomic mass is 19.4. The van der Waals surface area contributed by atoms with E-state index >= 15 is 0 Å². The van der Waals surface area contributed by atoms with E-state index < -0.39 is 12.0 Å². The van der Waals surface area contributed by atoms with Crippen LogP contribution in [-0.4, -0.2) is 52.6 Å². The van der Waals surface area contributed by atoms with Gasteiger partial charge in [0.25, 0.3) is 5.82 Å². The molecule has 2 aromatic heterocycles. The van der Waals surface area contributed by atoms with Gasteiger partial charge in [0.15, 0.2) is 5.65 Å². The molecule has 1 aliphatic rings. The first kappa shape index (κ1) is 18.3. The van der Waals surface area contributed by atoms with Crippen molar-refractivity contribution >= 4 is 17.2 Å². The Kier molecular flexibility index (Phi) is 4.70. The Morgan fingerprint density at radius 1 is 0.929 bits per heavy atom. The van der Waals surface area contributed by atoms with Crippen LogP contribution in [0, 0.1) is 0 Å².